The summed E-state index contributed by atoms with van der Waals surface area (Å²) in [5, 5.41) is 3.44. The van der Waals surface area contributed by atoms with E-state index in [0.717, 1.165) is 37.4 Å². The topological polar surface area (TPSA) is 37.4 Å². The van der Waals surface area contributed by atoms with E-state index in [2.05, 4.69) is 15.2 Å². The number of hydrogen-bond donors (Lipinski definition) is 1. The molecule has 1 N–H and O–H groups in total. The number of aromatic nitrogens is 1. The van der Waals surface area contributed by atoms with Crippen LogP contribution in [-0.4, -0.2) is 49.3 Å². The van der Waals surface area contributed by atoms with Gasteiger partial charge in [0.05, 0.1) is 6.61 Å². The van der Waals surface area contributed by atoms with Crippen molar-refractivity contribution in [3.63, 3.8) is 0 Å². The van der Waals surface area contributed by atoms with Crippen LogP contribution in [0.3, 0.4) is 0 Å². The average molecular weight is 261 g/mol. The van der Waals surface area contributed by atoms with Crippen LogP contribution < -0.4 is 5.32 Å². The second kappa shape index (κ2) is 6.35. The number of anilines is 1. The maximum atomic E-state index is 5.45. The summed E-state index contributed by atoms with van der Waals surface area (Å²) in [7, 11) is 0. The Labute approximate surface area is 115 Å². The van der Waals surface area contributed by atoms with Crippen LogP contribution in [0.5, 0.6) is 0 Å². The standard InChI is InChI=1S/C15H23N3O/c1-2-6-16-15(3-1)17-9-13-4-7-18(10-13)11-14-5-8-19-12-14/h1-3,6,13-14H,4-5,7-12H2,(H,16,17)/t13-,14-/m0/s1. The van der Waals surface area contributed by atoms with Crippen molar-refractivity contribution in [1.82, 2.24) is 9.88 Å². The van der Waals surface area contributed by atoms with Crippen molar-refractivity contribution in [2.45, 2.75) is 12.8 Å². The van der Waals surface area contributed by atoms with Gasteiger partial charge in [0.25, 0.3) is 0 Å². The molecule has 0 aromatic carbocycles. The molecule has 2 aliphatic rings. The third-order valence-corrected chi connectivity index (χ3v) is 4.15. The largest absolute Gasteiger partial charge is 0.381 e. The van der Waals surface area contributed by atoms with Crippen molar-refractivity contribution in [2.24, 2.45) is 11.8 Å². The first kappa shape index (κ1) is 12.9. The highest BCUT2D eigenvalue weighted by Crippen LogP contribution is 2.21. The Morgan fingerprint density at radius 1 is 1.32 bits per heavy atom. The minimum Gasteiger partial charge on any atom is -0.381 e. The molecule has 4 nitrogen and oxygen atoms in total. The highest BCUT2D eigenvalue weighted by Gasteiger charge is 2.26. The van der Waals surface area contributed by atoms with Crippen LogP contribution in [0.2, 0.25) is 0 Å². The number of nitrogens with one attached hydrogen (secondary N) is 1. The highest BCUT2D eigenvalue weighted by molar-refractivity contribution is 5.33. The summed E-state index contributed by atoms with van der Waals surface area (Å²) < 4.78 is 5.45. The van der Waals surface area contributed by atoms with Crippen molar-refractivity contribution in [2.75, 3.05) is 44.7 Å². The lowest BCUT2D eigenvalue weighted by Gasteiger charge is -2.19. The summed E-state index contributed by atoms with van der Waals surface area (Å²) in [6.07, 6.45) is 4.38. The molecular formula is C15H23N3O. The Balaban J connectivity index is 1.39. The highest BCUT2D eigenvalue weighted by atomic mass is 16.5. The lowest BCUT2D eigenvalue weighted by atomic mass is 10.1. The van der Waals surface area contributed by atoms with Gasteiger partial charge in [-0.05, 0) is 43.4 Å². The fourth-order valence-corrected chi connectivity index (χ4v) is 3.05. The van der Waals surface area contributed by atoms with Crippen LogP contribution in [0, 0.1) is 11.8 Å². The van der Waals surface area contributed by atoms with Crippen molar-refractivity contribution in [3.8, 4) is 0 Å². The zero-order chi connectivity index (χ0) is 12.9. The van der Waals surface area contributed by atoms with Crippen LogP contribution >= 0.6 is 0 Å². The SMILES string of the molecule is c1ccc(NC[C@@H]2CCN(C[C@@H]3CCOC3)C2)nc1. The summed E-state index contributed by atoms with van der Waals surface area (Å²) in [4.78, 5) is 6.90. The molecule has 2 aliphatic heterocycles. The Morgan fingerprint density at radius 2 is 2.32 bits per heavy atom. The van der Waals surface area contributed by atoms with Crippen LogP contribution in [0.25, 0.3) is 0 Å². The molecule has 4 heteroatoms. The molecule has 0 spiro atoms. The minimum atomic E-state index is 0.754. The molecule has 1 aromatic rings. The zero-order valence-electron chi connectivity index (χ0n) is 11.4. The van der Waals surface area contributed by atoms with Gasteiger partial charge in [-0.25, -0.2) is 4.98 Å². The molecule has 19 heavy (non-hydrogen) atoms. The third-order valence-electron chi connectivity index (χ3n) is 4.15. The van der Waals surface area contributed by atoms with Crippen molar-refractivity contribution in [3.05, 3.63) is 24.4 Å². The van der Waals surface area contributed by atoms with Gasteiger partial charge in [-0.2, -0.15) is 0 Å². The van der Waals surface area contributed by atoms with E-state index < -0.39 is 0 Å². The monoisotopic (exact) mass is 261 g/mol. The first-order valence-corrected chi connectivity index (χ1v) is 7.35. The number of pyridine rings is 1. The lowest BCUT2D eigenvalue weighted by Crippen LogP contribution is -2.28. The predicted molar refractivity (Wildman–Crippen MR) is 76.2 cm³/mol. The van der Waals surface area contributed by atoms with Gasteiger partial charge in [-0.1, -0.05) is 6.07 Å². The van der Waals surface area contributed by atoms with E-state index in [4.69, 9.17) is 4.74 Å². The molecule has 1 aromatic heterocycles. The molecule has 0 radical (unpaired) electrons. The Hall–Kier alpha value is -1.13. The van der Waals surface area contributed by atoms with E-state index in [9.17, 15) is 0 Å². The first-order chi connectivity index (χ1) is 9.40. The maximum Gasteiger partial charge on any atom is 0.125 e. The molecule has 2 fully saturated rings. The van der Waals surface area contributed by atoms with Crippen molar-refractivity contribution >= 4 is 5.82 Å². The first-order valence-electron chi connectivity index (χ1n) is 7.35. The fourth-order valence-electron chi connectivity index (χ4n) is 3.05. The number of nitrogens with zero attached hydrogens (tertiary/aromatic N) is 2. The fraction of sp³-hybridized carbons (Fsp3) is 0.667. The van der Waals surface area contributed by atoms with E-state index in [1.54, 1.807) is 0 Å². The van der Waals surface area contributed by atoms with Gasteiger partial charge in [0.15, 0.2) is 0 Å². The van der Waals surface area contributed by atoms with Crippen LogP contribution in [-0.2, 0) is 4.74 Å². The summed E-state index contributed by atoms with van der Waals surface area (Å²) in [6.45, 7) is 6.65. The van der Waals surface area contributed by atoms with Gasteiger partial charge < -0.3 is 15.0 Å². The van der Waals surface area contributed by atoms with Crippen molar-refractivity contribution in [1.29, 1.82) is 0 Å². The summed E-state index contributed by atoms with van der Waals surface area (Å²) in [5.41, 5.74) is 0. The zero-order valence-corrected chi connectivity index (χ0v) is 11.4. The molecule has 0 saturated carbocycles. The summed E-state index contributed by atoms with van der Waals surface area (Å²) in [5.74, 6) is 2.51. The second-order valence-electron chi connectivity index (χ2n) is 5.74. The Morgan fingerprint density at radius 3 is 3.11 bits per heavy atom. The van der Waals surface area contributed by atoms with Gasteiger partial charge in [-0.3, -0.25) is 0 Å². The minimum absolute atomic E-state index is 0.754. The molecule has 3 heterocycles. The van der Waals surface area contributed by atoms with E-state index in [1.165, 1.54) is 32.5 Å². The van der Waals surface area contributed by atoms with E-state index in [-0.39, 0.29) is 0 Å². The smallest absolute Gasteiger partial charge is 0.125 e. The van der Waals surface area contributed by atoms with Gasteiger partial charge in [0, 0.05) is 32.4 Å². The van der Waals surface area contributed by atoms with Crippen LogP contribution in [0.15, 0.2) is 24.4 Å². The molecule has 0 aliphatic carbocycles. The third kappa shape index (κ3) is 3.67. The predicted octanol–water partition coefficient (Wildman–Crippen LogP) is 1.85. The second-order valence-corrected chi connectivity index (χ2v) is 5.74. The van der Waals surface area contributed by atoms with Crippen LogP contribution in [0.1, 0.15) is 12.8 Å². The number of likely N-dealkylation sites (tertiary alicyclic amines) is 1. The number of rotatable bonds is 5. The molecule has 2 saturated heterocycles. The summed E-state index contributed by atoms with van der Waals surface area (Å²) >= 11 is 0. The van der Waals surface area contributed by atoms with E-state index in [0.29, 0.717) is 0 Å². The molecule has 3 rings (SSSR count). The Kier molecular flexibility index (Phi) is 4.30. The molecule has 2 atom stereocenters. The van der Waals surface area contributed by atoms with Gasteiger partial charge in [0.2, 0.25) is 0 Å². The number of hydrogen-bond acceptors (Lipinski definition) is 4. The van der Waals surface area contributed by atoms with Crippen molar-refractivity contribution < 1.29 is 4.74 Å². The number of ether oxygens (including phenoxy) is 1. The van der Waals surface area contributed by atoms with E-state index >= 15 is 0 Å². The van der Waals surface area contributed by atoms with Gasteiger partial charge in [-0.15, -0.1) is 0 Å². The van der Waals surface area contributed by atoms with Gasteiger partial charge in [0.1, 0.15) is 5.82 Å². The average Bonchev–Trinajstić information content (AvgIpc) is 3.10. The Bertz CT molecular complexity index is 378. The molecule has 104 valence electrons. The molecule has 0 unspecified atom stereocenters. The maximum absolute atomic E-state index is 5.45. The molecule has 0 amide bonds. The van der Waals surface area contributed by atoms with Gasteiger partial charge >= 0.3 is 0 Å². The molecule has 0 bridgehead atoms. The quantitative estimate of drug-likeness (QED) is 0.878. The molecular weight excluding hydrogens is 238 g/mol. The van der Waals surface area contributed by atoms with Crippen LogP contribution in [0.4, 0.5) is 5.82 Å². The van der Waals surface area contributed by atoms with E-state index in [1.807, 2.05) is 24.4 Å². The summed E-state index contributed by atoms with van der Waals surface area (Å²) in [6, 6.07) is 6.01. The normalized spacial score (nSPS) is 27.8. The lowest BCUT2D eigenvalue weighted by molar-refractivity contribution is 0.173.